The lowest BCUT2D eigenvalue weighted by molar-refractivity contribution is -0.0234. The lowest BCUT2D eigenvalue weighted by Crippen LogP contribution is -2.27. The van der Waals surface area contributed by atoms with Crippen molar-refractivity contribution in [1.82, 2.24) is 0 Å². The van der Waals surface area contributed by atoms with Crippen molar-refractivity contribution >= 4 is 25.3 Å². The van der Waals surface area contributed by atoms with Crippen molar-refractivity contribution in [3.63, 3.8) is 0 Å². The monoisotopic (exact) mass is 488 g/mol. The van der Waals surface area contributed by atoms with Gasteiger partial charge in [0.1, 0.15) is 5.75 Å². The summed E-state index contributed by atoms with van der Waals surface area (Å²) in [5.41, 5.74) is 3.60. The molecule has 0 amide bonds. The fourth-order valence-electron chi connectivity index (χ4n) is 2.53. The van der Waals surface area contributed by atoms with Gasteiger partial charge in [-0.3, -0.25) is 0 Å². The van der Waals surface area contributed by atoms with E-state index in [2.05, 4.69) is 39.1 Å². The Morgan fingerprint density at radius 1 is 0.727 bits per heavy atom. The number of aliphatic hydroxyl groups is 2. The number of methoxy groups -OCH3 is 1. The zero-order valence-electron chi connectivity index (χ0n) is 19.8. The minimum absolute atomic E-state index is 0.0692. The lowest BCUT2D eigenvalue weighted by Gasteiger charge is -2.20. The molecule has 0 aliphatic rings. The predicted molar refractivity (Wildman–Crippen MR) is 142 cm³/mol. The quantitative estimate of drug-likeness (QED) is 0.319. The van der Waals surface area contributed by atoms with Crippen LogP contribution in [0.1, 0.15) is 23.6 Å². The average Bonchev–Trinajstić information content (AvgIpc) is 2.83. The fourth-order valence-corrected chi connectivity index (χ4v) is 2.83. The number of hydrogen-bond donors (Lipinski definition) is 4. The molecule has 1 unspecified atom stereocenters. The van der Waals surface area contributed by atoms with Crippen LogP contribution in [0.4, 0.5) is 0 Å². The molecule has 0 aliphatic carbocycles. The lowest BCUT2D eigenvalue weighted by atomic mass is 10.1. The van der Waals surface area contributed by atoms with Crippen LogP contribution in [0.2, 0.25) is 0 Å². The summed E-state index contributed by atoms with van der Waals surface area (Å²) in [5, 5.41) is 18.0. The van der Waals surface area contributed by atoms with Gasteiger partial charge in [0, 0.05) is 15.7 Å². The predicted octanol–water partition coefficient (Wildman–Crippen LogP) is 5.77. The second-order valence-corrected chi connectivity index (χ2v) is 8.69. The highest BCUT2D eigenvalue weighted by atomic mass is 32.1. The Balaban J connectivity index is 0.000000281. The van der Waals surface area contributed by atoms with E-state index >= 15 is 0 Å². The Morgan fingerprint density at radius 3 is 1.48 bits per heavy atom. The standard InChI is InChI=1S/C13H20O4.2C7H8S/c1-10(12(7-14)8-15)17-9-11-3-5-13(16-2)6-4-11;2*1-6-2-4-7(8)5-3-6/h3-6,10,12,14-15H,7-9H2,1-2H3;2*2-5,8H,1H3. The molecule has 4 nitrogen and oxygen atoms in total. The van der Waals surface area contributed by atoms with Gasteiger partial charge < -0.3 is 19.7 Å². The molecule has 1 atom stereocenters. The summed E-state index contributed by atoms with van der Waals surface area (Å²) in [5.74, 6) is 0.582. The van der Waals surface area contributed by atoms with Crippen molar-refractivity contribution in [1.29, 1.82) is 0 Å². The first-order valence-corrected chi connectivity index (χ1v) is 11.7. The van der Waals surface area contributed by atoms with E-state index < -0.39 is 0 Å². The highest BCUT2D eigenvalue weighted by Crippen LogP contribution is 2.14. The van der Waals surface area contributed by atoms with E-state index in [4.69, 9.17) is 19.7 Å². The molecule has 0 aromatic heterocycles. The zero-order chi connectivity index (χ0) is 24.6. The van der Waals surface area contributed by atoms with Crippen molar-refractivity contribution in [2.24, 2.45) is 5.92 Å². The Morgan fingerprint density at radius 2 is 1.15 bits per heavy atom. The fraction of sp³-hybridized carbons (Fsp3) is 0.333. The average molecular weight is 489 g/mol. The molecule has 0 radical (unpaired) electrons. The zero-order valence-corrected chi connectivity index (χ0v) is 21.6. The van der Waals surface area contributed by atoms with E-state index in [1.165, 1.54) is 11.1 Å². The molecule has 3 aromatic carbocycles. The number of rotatable bonds is 7. The third kappa shape index (κ3) is 12.8. The molecule has 6 heteroatoms. The molecule has 0 spiro atoms. The Hall–Kier alpha value is -1.96. The molecule has 2 N–H and O–H groups in total. The second kappa shape index (κ2) is 16.6. The molecule has 0 saturated heterocycles. The maximum Gasteiger partial charge on any atom is 0.118 e. The highest BCUT2D eigenvalue weighted by molar-refractivity contribution is 7.80. The Labute approximate surface area is 209 Å². The van der Waals surface area contributed by atoms with Crippen molar-refractivity contribution in [3.05, 3.63) is 89.5 Å². The molecule has 3 aromatic rings. The Kier molecular flexibility index (Phi) is 14.6. The summed E-state index contributed by atoms with van der Waals surface area (Å²) < 4.78 is 10.6. The summed E-state index contributed by atoms with van der Waals surface area (Å²) in [4.78, 5) is 2.05. The van der Waals surface area contributed by atoms with Crippen LogP contribution in [-0.4, -0.2) is 36.6 Å². The van der Waals surface area contributed by atoms with E-state index in [9.17, 15) is 0 Å². The smallest absolute Gasteiger partial charge is 0.118 e. The topological polar surface area (TPSA) is 58.9 Å². The van der Waals surface area contributed by atoms with Gasteiger partial charge in [-0.25, -0.2) is 0 Å². The molecule has 0 aliphatic heterocycles. The number of aliphatic hydroxyl groups excluding tert-OH is 2. The third-order valence-corrected chi connectivity index (χ3v) is 5.47. The molecule has 0 fully saturated rings. The van der Waals surface area contributed by atoms with Gasteiger partial charge in [0.25, 0.3) is 0 Å². The SMILES string of the molecule is COc1ccc(COC(C)C(CO)CO)cc1.Cc1ccc(S)cc1.Cc1ccc(S)cc1. The second-order valence-electron chi connectivity index (χ2n) is 7.66. The van der Waals surface area contributed by atoms with Gasteiger partial charge in [0.2, 0.25) is 0 Å². The molecule has 0 bridgehead atoms. The van der Waals surface area contributed by atoms with Gasteiger partial charge in [0.05, 0.1) is 33.0 Å². The van der Waals surface area contributed by atoms with Crippen LogP contribution in [-0.2, 0) is 11.3 Å². The first-order chi connectivity index (χ1) is 15.8. The van der Waals surface area contributed by atoms with E-state index in [0.717, 1.165) is 21.1 Å². The van der Waals surface area contributed by atoms with Crippen LogP contribution in [0.15, 0.2) is 82.6 Å². The van der Waals surface area contributed by atoms with Gasteiger partial charge in [-0.15, -0.1) is 25.3 Å². The van der Waals surface area contributed by atoms with Crippen molar-refractivity contribution in [2.45, 2.75) is 43.3 Å². The van der Waals surface area contributed by atoms with Gasteiger partial charge in [0.15, 0.2) is 0 Å². The van der Waals surface area contributed by atoms with Crippen LogP contribution < -0.4 is 4.74 Å². The maximum atomic E-state index is 9.01. The van der Waals surface area contributed by atoms with Crippen molar-refractivity contribution < 1.29 is 19.7 Å². The molecule has 0 saturated carbocycles. The van der Waals surface area contributed by atoms with Crippen LogP contribution in [0.5, 0.6) is 5.75 Å². The number of ether oxygens (including phenoxy) is 2. The van der Waals surface area contributed by atoms with Gasteiger partial charge in [-0.1, -0.05) is 47.5 Å². The molecule has 3 rings (SSSR count). The molecule has 0 heterocycles. The van der Waals surface area contributed by atoms with E-state index in [1.54, 1.807) is 7.11 Å². The summed E-state index contributed by atoms with van der Waals surface area (Å²) >= 11 is 8.26. The van der Waals surface area contributed by atoms with E-state index in [-0.39, 0.29) is 25.2 Å². The summed E-state index contributed by atoms with van der Waals surface area (Å²) in [6, 6.07) is 23.7. The van der Waals surface area contributed by atoms with Crippen LogP contribution in [0.25, 0.3) is 0 Å². The molecule has 180 valence electrons. The van der Waals surface area contributed by atoms with Gasteiger partial charge in [-0.05, 0) is 62.7 Å². The summed E-state index contributed by atoms with van der Waals surface area (Å²) in [7, 11) is 1.63. The maximum absolute atomic E-state index is 9.01. The number of aryl methyl sites for hydroxylation is 2. The number of benzene rings is 3. The minimum Gasteiger partial charge on any atom is -0.497 e. The minimum atomic E-state index is -0.228. The van der Waals surface area contributed by atoms with Gasteiger partial charge >= 0.3 is 0 Å². The summed E-state index contributed by atoms with van der Waals surface area (Å²) in [6.45, 7) is 6.29. The van der Waals surface area contributed by atoms with Crippen LogP contribution >= 0.6 is 25.3 Å². The van der Waals surface area contributed by atoms with E-state index in [1.807, 2.05) is 79.7 Å². The number of hydrogen-bond acceptors (Lipinski definition) is 6. The van der Waals surface area contributed by atoms with Crippen molar-refractivity contribution in [3.8, 4) is 5.75 Å². The highest BCUT2D eigenvalue weighted by Gasteiger charge is 2.15. The van der Waals surface area contributed by atoms with Crippen LogP contribution in [0.3, 0.4) is 0 Å². The largest absolute Gasteiger partial charge is 0.497 e. The molecular formula is C27H36O4S2. The van der Waals surface area contributed by atoms with Gasteiger partial charge in [-0.2, -0.15) is 0 Å². The first kappa shape index (κ1) is 29.1. The first-order valence-electron chi connectivity index (χ1n) is 10.8. The Bertz CT molecular complexity index is 792. The third-order valence-electron chi connectivity index (χ3n) is 4.87. The van der Waals surface area contributed by atoms with Crippen molar-refractivity contribution in [2.75, 3.05) is 20.3 Å². The van der Waals surface area contributed by atoms with Crippen LogP contribution in [0, 0.1) is 19.8 Å². The van der Waals surface area contributed by atoms with E-state index in [0.29, 0.717) is 6.61 Å². The number of thiol groups is 2. The summed E-state index contributed by atoms with van der Waals surface area (Å²) in [6.07, 6.45) is -0.174. The molecule has 33 heavy (non-hydrogen) atoms. The molecular weight excluding hydrogens is 452 g/mol. The normalized spacial score (nSPS) is 11.1.